The maximum Gasteiger partial charge on any atom is 0.416 e. The summed E-state index contributed by atoms with van der Waals surface area (Å²) in [7, 11) is 0. The second-order valence-corrected chi connectivity index (χ2v) is 7.52. The topological polar surface area (TPSA) is 17.1 Å². The molecule has 1 unspecified atom stereocenters. The molecule has 0 radical (unpaired) electrons. The van der Waals surface area contributed by atoms with Crippen LogP contribution in [0.1, 0.15) is 61.4 Å². The van der Waals surface area contributed by atoms with Gasteiger partial charge in [0.1, 0.15) is 0 Å². The fourth-order valence-electron chi connectivity index (χ4n) is 2.31. The molecule has 0 aliphatic heterocycles. The van der Waals surface area contributed by atoms with Crippen molar-refractivity contribution in [1.29, 1.82) is 0 Å². The molecule has 0 fully saturated rings. The number of unbranched alkanes of at least 4 members (excludes halogenated alkanes) is 3. The van der Waals surface area contributed by atoms with Crippen LogP contribution in [0.25, 0.3) is 0 Å². The van der Waals surface area contributed by atoms with Crippen molar-refractivity contribution in [2.75, 3.05) is 0 Å². The van der Waals surface area contributed by atoms with Crippen molar-refractivity contribution in [1.82, 2.24) is 0 Å². The molecule has 0 aromatic heterocycles. The molecule has 1 atom stereocenters. The van der Waals surface area contributed by atoms with Crippen molar-refractivity contribution < 1.29 is 26.7 Å². The van der Waals surface area contributed by atoms with E-state index in [1.54, 1.807) is 0 Å². The zero-order valence-corrected chi connectivity index (χ0v) is 15.5. The summed E-state index contributed by atoms with van der Waals surface area (Å²) in [6, 6.07) is 3.21. The highest BCUT2D eigenvalue weighted by Gasteiger charge is 2.41. The van der Waals surface area contributed by atoms with Crippen molar-refractivity contribution in [2.45, 2.75) is 61.5 Å². The van der Waals surface area contributed by atoms with Gasteiger partial charge in [-0.15, -0.1) is 0 Å². The van der Waals surface area contributed by atoms with E-state index in [2.05, 4.69) is 0 Å². The van der Waals surface area contributed by atoms with Gasteiger partial charge >= 0.3 is 12.1 Å². The summed E-state index contributed by atoms with van der Waals surface area (Å²) in [4.78, 5) is 11.9. The zero-order chi connectivity index (χ0) is 18.4. The molecule has 1 rings (SSSR count). The van der Waals surface area contributed by atoms with Gasteiger partial charge in [-0.2, -0.15) is 22.0 Å². The van der Waals surface area contributed by atoms with E-state index >= 15 is 0 Å². The summed E-state index contributed by atoms with van der Waals surface area (Å²) in [6.07, 6.45) is -0.950. The molecule has 0 saturated heterocycles. The molecule has 1 aromatic rings. The highest BCUT2D eigenvalue weighted by molar-refractivity contribution is 14.1. The quantitative estimate of drug-likeness (QED) is 0.131. The van der Waals surface area contributed by atoms with E-state index in [1.807, 2.05) is 29.5 Å². The van der Waals surface area contributed by atoms with E-state index in [-0.39, 0.29) is 0 Å². The summed E-state index contributed by atoms with van der Waals surface area (Å²) in [5.74, 6) is -5.22. The molecule has 1 aromatic carbocycles. The Bertz CT molecular complexity index is 542. The first kappa shape index (κ1) is 21.3. The fourth-order valence-corrected chi connectivity index (χ4v) is 3.31. The van der Waals surface area contributed by atoms with E-state index < -0.39 is 39.4 Å². The van der Waals surface area contributed by atoms with Gasteiger partial charge < -0.3 is 0 Å². The van der Waals surface area contributed by atoms with E-state index in [4.69, 9.17) is 0 Å². The summed E-state index contributed by atoms with van der Waals surface area (Å²) in [5, 5.41) is 0. The third-order valence-electron chi connectivity index (χ3n) is 3.63. The monoisotopic (exact) mass is 462 g/mol. The predicted octanol–water partition coefficient (Wildman–Crippen LogP) is 6.69. The van der Waals surface area contributed by atoms with Crippen LogP contribution >= 0.6 is 22.6 Å². The van der Waals surface area contributed by atoms with Gasteiger partial charge in [0.25, 0.3) is 0 Å². The first-order valence-electron chi connectivity index (χ1n) is 7.82. The molecule has 136 valence electrons. The Hall–Kier alpha value is -0.730. The van der Waals surface area contributed by atoms with Crippen molar-refractivity contribution >= 4 is 28.4 Å². The van der Waals surface area contributed by atoms with Crippen LogP contribution in [0.2, 0.25) is 0 Å². The van der Waals surface area contributed by atoms with Crippen molar-refractivity contribution in [2.24, 2.45) is 0 Å². The van der Waals surface area contributed by atoms with Crippen LogP contribution in [0.15, 0.2) is 24.3 Å². The first-order valence-corrected chi connectivity index (χ1v) is 9.06. The first-order chi connectivity index (χ1) is 11.1. The van der Waals surface area contributed by atoms with Crippen molar-refractivity contribution in [3.05, 3.63) is 35.4 Å². The van der Waals surface area contributed by atoms with Crippen LogP contribution in [0.3, 0.4) is 0 Å². The van der Waals surface area contributed by atoms with Crippen molar-refractivity contribution in [3.8, 4) is 0 Å². The zero-order valence-electron chi connectivity index (χ0n) is 13.3. The highest BCUT2D eigenvalue weighted by atomic mass is 127. The summed E-state index contributed by atoms with van der Waals surface area (Å²) >= 11 is 1.88. The number of carbonyl (C=O) groups excluding carboxylic acids is 1. The molecule has 0 saturated carbocycles. The standard InChI is InChI=1S/C17H20F5IO/c1-2-3-4-5-9-14(23)11-16(18,19)15(24)12-7-6-8-13(10-12)17(20,21)22/h6-8,10,14H,2-5,9,11H2,1H3. The normalized spacial score (nSPS) is 13.8. The summed E-state index contributed by atoms with van der Waals surface area (Å²) in [5.41, 5.74) is -1.71. The molecule has 0 bridgehead atoms. The molecule has 24 heavy (non-hydrogen) atoms. The number of Topliss-reactive ketones (excluding diaryl/α,β-unsaturated/α-hetero) is 1. The lowest BCUT2D eigenvalue weighted by molar-refractivity contribution is -0.137. The van der Waals surface area contributed by atoms with Crippen LogP contribution in [-0.2, 0) is 6.18 Å². The Morgan fingerprint density at radius 1 is 1.12 bits per heavy atom. The van der Waals surface area contributed by atoms with E-state index in [9.17, 15) is 26.7 Å². The largest absolute Gasteiger partial charge is 0.416 e. The lowest BCUT2D eigenvalue weighted by atomic mass is 9.98. The second kappa shape index (κ2) is 9.10. The van der Waals surface area contributed by atoms with Gasteiger partial charge in [0.15, 0.2) is 0 Å². The minimum Gasteiger partial charge on any atom is -0.287 e. The maximum absolute atomic E-state index is 14.1. The van der Waals surface area contributed by atoms with Crippen LogP contribution in [0.4, 0.5) is 22.0 Å². The van der Waals surface area contributed by atoms with Crippen LogP contribution < -0.4 is 0 Å². The van der Waals surface area contributed by atoms with Gasteiger partial charge in [-0.1, -0.05) is 67.3 Å². The number of hydrogen-bond acceptors (Lipinski definition) is 1. The van der Waals surface area contributed by atoms with Gasteiger partial charge in [0.2, 0.25) is 5.78 Å². The van der Waals surface area contributed by atoms with Crippen molar-refractivity contribution in [3.63, 3.8) is 0 Å². The minimum absolute atomic E-state index is 0.399. The Labute approximate surface area is 152 Å². The molecule has 0 amide bonds. The highest BCUT2D eigenvalue weighted by Crippen LogP contribution is 2.33. The third kappa shape index (κ3) is 6.64. The average Bonchev–Trinajstić information content (AvgIpc) is 2.49. The number of alkyl halides is 6. The van der Waals surface area contributed by atoms with Gasteiger partial charge in [0, 0.05) is 15.9 Å². The molecular formula is C17H20F5IO. The van der Waals surface area contributed by atoms with Gasteiger partial charge in [-0.05, 0) is 18.6 Å². The van der Waals surface area contributed by atoms with Crippen LogP contribution in [-0.4, -0.2) is 15.6 Å². The van der Waals surface area contributed by atoms with Crippen LogP contribution in [0, 0.1) is 0 Å². The van der Waals surface area contributed by atoms with E-state index in [1.165, 1.54) is 0 Å². The molecule has 0 aliphatic carbocycles. The lowest BCUT2D eigenvalue weighted by Gasteiger charge is -2.19. The smallest absolute Gasteiger partial charge is 0.287 e. The summed E-state index contributed by atoms with van der Waals surface area (Å²) < 4.78 is 65.8. The number of halogens is 6. The van der Waals surface area contributed by atoms with Gasteiger partial charge in [-0.25, -0.2) is 0 Å². The molecule has 7 heteroatoms. The Morgan fingerprint density at radius 2 is 1.79 bits per heavy atom. The number of benzene rings is 1. The number of hydrogen-bond donors (Lipinski definition) is 0. The molecular weight excluding hydrogens is 442 g/mol. The summed E-state index contributed by atoms with van der Waals surface area (Å²) in [6.45, 7) is 2.05. The van der Waals surface area contributed by atoms with E-state index in [0.29, 0.717) is 12.5 Å². The molecule has 0 aliphatic rings. The molecule has 0 spiro atoms. The third-order valence-corrected chi connectivity index (χ3v) is 4.70. The Morgan fingerprint density at radius 3 is 2.38 bits per heavy atom. The maximum atomic E-state index is 14.1. The molecule has 0 heterocycles. The predicted molar refractivity (Wildman–Crippen MR) is 91.9 cm³/mol. The Kier molecular flexibility index (Phi) is 8.08. The minimum atomic E-state index is -4.67. The van der Waals surface area contributed by atoms with E-state index in [0.717, 1.165) is 43.9 Å². The number of carbonyl (C=O) groups is 1. The fraction of sp³-hybridized carbons (Fsp3) is 0.588. The Balaban J connectivity index is 2.74. The van der Waals surface area contributed by atoms with Gasteiger partial charge in [-0.3, -0.25) is 4.79 Å². The number of rotatable bonds is 9. The molecule has 1 nitrogen and oxygen atoms in total. The van der Waals surface area contributed by atoms with Crippen LogP contribution in [0.5, 0.6) is 0 Å². The molecule has 0 N–H and O–H groups in total. The number of ketones is 1. The van der Waals surface area contributed by atoms with Gasteiger partial charge in [0.05, 0.1) is 5.56 Å². The lowest BCUT2D eigenvalue weighted by Crippen LogP contribution is -2.32. The second-order valence-electron chi connectivity index (χ2n) is 5.76. The SMILES string of the molecule is CCCCCCC(I)CC(F)(F)C(=O)c1cccc(C(F)(F)F)c1. The average molecular weight is 462 g/mol.